The van der Waals surface area contributed by atoms with Gasteiger partial charge in [0.05, 0.1) is 11.9 Å². The third kappa shape index (κ3) is 8.13. The van der Waals surface area contributed by atoms with Gasteiger partial charge in [-0.15, -0.1) is 0 Å². The van der Waals surface area contributed by atoms with E-state index in [0.29, 0.717) is 12.8 Å². The molecule has 0 aliphatic heterocycles. The summed E-state index contributed by atoms with van der Waals surface area (Å²) in [5.41, 5.74) is 0.670. The Kier molecular flexibility index (Phi) is 9.21. The lowest BCUT2D eigenvalue weighted by Crippen LogP contribution is -2.56. The largest absolute Gasteiger partial charge is 0.350 e. The van der Waals surface area contributed by atoms with Crippen molar-refractivity contribution in [1.29, 1.82) is 0 Å². The van der Waals surface area contributed by atoms with Gasteiger partial charge in [-0.2, -0.15) is 0 Å². The molecule has 0 radical (unpaired) electrons. The van der Waals surface area contributed by atoms with E-state index in [1.807, 2.05) is 58.0 Å². The van der Waals surface area contributed by atoms with Crippen LogP contribution in [-0.2, 0) is 26.0 Å². The molecule has 0 fully saturated rings. The van der Waals surface area contributed by atoms with Crippen molar-refractivity contribution in [3.8, 4) is 0 Å². The normalized spacial score (nSPS) is 12.6. The van der Waals surface area contributed by atoms with Crippen LogP contribution in [0.5, 0.6) is 0 Å². The molecule has 0 saturated heterocycles. The van der Waals surface area contributed by atoms with E-state index in [9.17, 15) is 22.4 Å². The number of benzene rings is 2. The Morgan fingerprint density at radius 3 is 2.12 bits per heavy atom. The number of amides is 2. The summed E-state index contributed by atoms with van der Waals surface area (Å²) in [5, 5.41) is 2.92. The van der Waals surface area contributed by atoms with Crippen molar-refractivity contribution in [3.63, 3.8) is 0 Å². The van der Waals surface area contributed by atoms with E-state index >= 15 is 0 Å². The summed E-state index contributed by atoms with van der Waals surface area (Å²) in [6.07, 6.45) is 1.85. The molecule has 1 N–H and O–H groups in total. The van der Waals surface area contributed by atoms with Gasteiger partial charge in [-0.3, -0.25) is 13.9 Å². The van der Waals surface area contributed by atoms with Crippen LogP contribution in [0.15, 0.2) is 54.6 Å². The van der Waals surface area contributed by atoms with Crippen LogP contribution in [0.2, 0.25) is 0 Å². The SMILES string of the molecule is CCC(C(=O)NC(C)(C)C)N(CCc1ccccc1)C(=O)CN(c1ccc(F)cc1)S(C)(=O)=O. The summed E-state index contributed by atoms with van der Waals surface area (Å²) in [4.78, 5) is 28.0. The molecule has 0 aliphatic carbocycles. The van der Waals surface area contributed by atoms with Gasteiger partial charge in [0.25, 0.3) is 0 Å². The highest BCUT2D eigenvalue weighted by Gasteiger charge is 2.32. The van der Waals surface area contributed by atoms with Gasteiger partial charge < -0.3 is 10.2 Å². The number of rotatable bonds is 10. The van der Waals surface area contributed by atoms with E-state index in [-0.39, 0.29) is 18.1 Å². The van der Waals surface area contributed by atoms with Crippen LogP contribution in [0.4, 0.5) is 10.1 Å². The van der Waals surface area contributed by atoms with Crippen molar-refractivity contribution < 1.29 is 22.4 Å². The van der Waals surface area contributed by atoms with Crippen LogP contribution in [0, 0.1) is 5.82 Å². The van der Waals surface area contributed by atoms with Gasteiger partial charge in [-0.25, -0.2) is 12.8 Å². The second-order valence-corrected chi connectivity index (χ2v) is 11.1. The van der Waals surface area contributed by atoms with Crippen molar-refractivity contribution in [3.05, 3.63) is 66.0 Å². The Morgan fingerprint density at radius 2 is 1.62 bits per heavy atom. The number of hydrogen-bond acceptors (Lipinski definition) is 4. The Morgan fingerprint density at radius 1 is 1.03 bits per heavy atom. The number of carbonyl (C=O) groups excluding carboxylic acids is 2. The quantitative estimate of drug-likeness (QED) is 0.552. The molecule has 0 bridgehead atoms. The van der Waals surface area contributed by atoms with Gasteiger partial charge in [-0.05, 0) is 63.4 Å². The minimum atomic E-state index is -3.85. The minimum absolute atomic E-state index is 0.174. The lowest BCUT2D eigenvalue weighted by Gasteiger charge is -2.34. The van der Waals surface area contributed by atoms with Crippen molar-refractivity contribution >= 4 is 27.5 Å². The summed E-state index contributed by atoms with van der Waals surface area (Å²) >= 11 is 0. The molecule has 7 nitrogen and oxygen atoms in total. The molecule has 0 aromatic heterocycles. The van der Waals surface area contributed by atoms with Gasteiger partial charge in [0.2, 0.25) is 21.8 Å². The van der Waals surface area contributed by atoms with Gasteiger partial charge in [-0.1, -0.05) is 37.3 Å². The van der Waals surface area contributed by atoms with E-state index in [1.165, 1.54) is 17.0 Å². The fourth-order valence-corrected chi connectivity index (χ4v) is 4.42. The van der Waals surface area contributed by atoms with Crippen molar-refractivity contribution in [2.45, 2.75) is 52.1 Å². The van der Waals surface area contributed by atoms with Crippen LogP contribution in [0.1, 0.15) is 39.7 Å². The van der Waals surface area contributed by atoms with Gasteiger partial charge in [0.1, 0.15) is 18.4 Å². The summed E-state index contributed by atoms with van der Waals surface area (Å²) in [6.45, 7) is 7.11. The lowest BCUT2D eigenvalue weighted by atomic mass is 10.1. The van der Waals surface area contributed by atoms with Crippen LogP contribution in [-0.4, -0.2) is 56.1 Å². The zero-order chi connectivity index (χ0) is 25.5. The van der Waals surface area contributed by atoms with Crippen molar-refractivity contribution in [2.24, 2.45) is 0 Å². The summed E-state index contributed by atoms with van der Waals surface area (Å²) < 4.78 is 39.3. The predicted molar refractivity (Wildman–Crippen MR) is 132 cm³/mol. The maximum atomic E-state index is 13.5. The number of nitrogens with zero attached hydrogens (tertiary/aromatic N) is 2. The molecule has 1 atom stereocenters. The third-order valence-electron chi connectivity index (χ3n) is 5.16. The molecule has 9 heteroatoms. The first-order valence-electron chi connectivity index (χ1n) is 11.2. The number of halogens is 1. The molecule has 34 heavy (non-hydrogen) atoms. The highest BCUT2D eigenvalue weighted by atomic mass is 32.2. The molecule has 0 spiro atoms. The van der Waals surface area contributed by atoms with E-state index in [1.54, 1.807) is 0 Å². The molecular weight excluding hydrogens is 457 g/mol. The molecule has 2 aromatic rings. The lowest BCUT2D eigenvalue weighted by molar-refractivity contribution is -0.140. The fraction of sp³-hybridized carbons (Fsp3) is 0.440. The highest BCUT2D eigenvalue weighted by molar-refractivity contribution is 7.92. The number of hydrogen-bond donors (Lipinski definition) is 1. The number of sulfonamides is 1. The highest BCUT2D eigenvalue weighted by Crippen LogP contribution is 2.19. The smallest absolute Gasteiger partial charge is 0.244 e. The standard InChI is InChI=1S/C25H34FN3O4S/c1-6-22(24(31)27-25(2,3)4)28(17-16-19-10-8-7-9-11-19)23(30)18-29(34(5,32)33)21-14-12-20(26)13-15-21/h7-15,22H,6,16-18H2,1-5H3,(H,27,31). The maximum absolute atomic E-state index is 13.5. The maximum Gasteiger partial charge on any atom is 0.244 e. The van der Waals surface area contributed by atoms with Crippen LogP contribution < -0.4 is 9.62 Å². The molecule has 186 valence electrons. The summed E-state index contributed by atoms with van der Waals surface area (Å²) in [5.74, 6) is -1.33. The Balaban J connectivity index is 2.36. The average molecular weight is 492 g/mol. The number of anilines is 1. The number of nitrogens with one attached hydrogen (secondary N) is 1. The Hall–Kier alpha value is -2.94. The molecule has 1 unspecified atom stereocenters. The molecule has 2 amide bonds. The molecule has 0 saturated carbocycles. The van der Waals surface area contributed by atoms with Crippen LogP contribution >= 0.6 is 0 Å². The van der Waals surface area contributed by atoms with E-state index in [2.05, 4.69) is 5.32 Å². The average Bonchev–Trinajstić information content (AvgIpc) is 2.74. The first-order valence-corrected chi connectivity index (χ1v) is 13.1. The van der Waals surface area contributed by atoms with Gasteiger partial charge in [0.15, 0.2) is 0 Å². The first-order chi connectivity index (χ1) is 15.8. The second-order valence-electron chi connectivity index (χ2n) is 9.23. The zero-order valence-corrected chi connectivity index (χ0v) is 21.2. The van der Waals surface area contributed by atoms with Crippen LogP contribution in [0.3, 0.4) is 0 Å². The predicted octanol–water partition coefficient (Wildman–Crippen LogP) is 3.36. The Bertz CT molecular complexity index is 1070. The topological polar surface area (TPSA) is 86.8 Å². The van der Waals surface area contributed by atoms with Gasteiger partial charge >= 0.3 is 0 Å². The minimum Gasteiger partial charge on any atom is -0.350 e. The molecule has 2 rings (SSSR count). The summed E-state index contributed by atoms with van der Waals surface area (Å²) in [6, 6.07) is 13.7. The first kappa shape index (κ1) is 27.3. The third-order valence-corrected chi connectivity index (χ3v) is 6.30. The molecule has 0 aliphatic rings. The fourth-order valence-electron chi connectivity index (χ4n) is 3.57. The monoisotopic (exact) mass is 491 g/mol. The van der Waals surface area contributed by atoms with E-state index < -0.39 is 39.9 Å². The van der Waals surface area contributed by atoms with Crippen molar-refractivity contribution in [2.75, 3.05) is 23.7 Å². The Labute approximate surface area is 202 Å². The van der Waals surface area contributed by atoms with E-state index in [4.69, 9.17) is 0 Å². The second kappa shape index (κ2) is 11.5. The van der Waals surface area contributed by atoms with Crippen molar-refractivity contribution in [1.82, 2.24) is 10.2 Å². The zero-order valence-electron chi connectivity index (χ0n) is 20.4. The molecule has 2 aromatic carbocycles. The number of carbonyl (C=O) groups is 2. The van der Waals surface area contributed by atoms with Crippen LogP contribution in [0.25, 0.3) is 0 Å². The molecular formula is C25H34FN3O4S. The molecule has 0 heterocycles. The van der Waals surface area contributed by atoms with E-state index in [0.717, 1.165) is 28.3 Å². The summed E-state index contributed by atoms with van der Waals surface area (Å²) in [7, 11) is -3.85. The van der Waals surface area contributed by atoms with Gasteiger partial charge in [0, 0.05) is 12.1 Å².